The van der Waals surface area contributed by atoms with Crippen LogP contribution in [0.4, 0.5) is 22.7 Å². The summed E-state index contributed by atoms with van der Waals surface area (Å²) in [6.07, 6.45) is 22.4. The molecule has 0 saturated heterocycles. The van der Waals surface area contributed by atoms with Gasteiger partial charge in [0.25, 0.3) is 0 Å². The van der Waals surface area contributed by atoms with Crippen molar-refractivity contribution in [1.29, 1.82) is 0 Å². The number of para-hydroxylation sites is 1. The van der Waals surface area contributed by atoms with Gasteiger partial charge in [-0.05, 0) is 160 Å². The maximum Gasteiger partial charge on any atom is 0.242 e. The summed E-state index contributed by atoms with van der Waals surface area (Å²) in [4.78, 5) is 5.59. The van der Waals surface area contributed by atoms with E-state index in [1.165, 1.54) is 94.3 Å². The summed E-state index contributed by atoms with van der Waals surface area (Å²) < 4.78 is 6.87. The van der Waals surface area contributed by atoms with Crippen molar-refractivity contribution < 1.29 is 4.42 Å². The SMILES string of the molecule is Cc1cc2c3c(c1)N1c4c(oc5ccccc45)C4C=CC=C(B3C3=CC=C(CC5c6ccc(C(C)(C)C)cc6C6(C)CCCCC56C)CC3N2c2cc3c(cc2C)C(C)(C)CCC3(C)C)C41. The molecule has 0 radical (unpaired) electrons. The van der Waals surface area contributed by atoms with E-state index in [4.69, 9.17) is 4.42 Å². The zero-order valence-electron chi connectivity index (χ0n) is 41.6. The second-order valence-corrected chi connectivity index (χ2v) is 25.2. The zero-order valence-corrected chi connectivity index (χ0v) is 41.6. The number of aryl methyl sites for hydroxylation is 2. The van der Waals surface area contributed by atoms with Crippen LogP contribution in [-0.4, -0.2) is 18.8 Å². The Hall–Kier alpha value is -4.96. The summed E-state index contributed by atoms with van der Waals surface area (Å²) in [6, 6.07) is 27.2. The fourth-order valence-electron chi connectivity index (χ4n) is 15.6. The molecule has 1 aromatic heterocycles. The molecule has 1 saturated carbocycles. The average molecular weight is 869 g/mol. The van der Waals surface area contributed by atoms with Gasteiger partial charge in [-0.15, -0.1) is 0 Å². The third-order valence-electron chi connectivity index (χ3n) is 19.6. The van der Waals surface area contributed by atoms with Crippen LogP contribution >= 0.6 is 0 Å². The summed E-state index contributed by atoms with van der Waals surface area (Å²) in [7, 11) is 0. The predicted octanol–water partition coefficient (Wildman–Crippen LogP) is 15.4. The minimum absolute atomic E-state index is 0.106. The molecule has 336 valence electrons. The van der Waals surface area contributed by atoms with Crippen LogP contribution in [0.25, 0.3) is 11.0 Å². The number of anilines is 4. The molecule has 3 aliphatic heterocycles. The maximum atomic E-state index is 6.87. The highest BCUT2D eigenvalue weighted by molar-refractivity contribution is 6.90. The van der Waals surface area contributed by atoms with Crippen molar-refractivity contribution in [2.24, 2.45) is 5.41 Å². The first-order valence-electron chi connectivity index (χ1n) is 25.7. The number of benzene rings is 4. The van der Waals surface area contributed by atoms with Gasteiger partial charge in [-0.1, -0.05) is 158 Å². The molecule has 4 heteroatoms. The zero-order chi connectivity index (χ0) is 45.6. The van der Waals surface area contributed by atoms with Gasteiger partial charge in [0.05, 0.1) is 23.7 Å². The van der Waals surface area contributed by atoms with Gasteiger partial charge >= 0.3 is 0 Å². The lowest BCUT2D eigenvalue weighted by molar-refractivity contribution is 0.0791. The van der Waals surface area contributed by atoms with Crippen LogP contribution in [0, 0.1) is 19.3 Å². The number of allylic oxidation sites excluding steroid dienone is 4. The van der Waals surface area contributed by atoms with E-state index in [0.29, 0.717) is 5.92 Å². The summed E-state index contributed by atoms with van der Waals surface area (Å²) in [5, 5.41) is 1.22. The normalized spacial score (nSPS) is 29.3. The Morgan fingerprint density at radius 3 is 2.23 bits per heavy atom. The first-order chi connectivity index (χ1) is 31.4. The molecule has 0 N–H and O–H groups in total. The molecule has 0 bridgehead atoms. The maximum absolute atomic E-state index is 6.87. The highest BCUT2D eigenvalue weighted by Gasteiger charge is 2.60. The Kier molecular flexibility index (Phi) is 8.37. The average Bonchev–Trinajstić information content (AvgIpc) is 3.88. The van der Waals surface area contributed by atoms with Crippen LogP contribution in [-0.2, 0) is 21.7 Å². The fourth-order valence-corrected chi connectivity index (χ4v) is 15.6. The molecule has 5 aromatic rings. The van der Waals surface area contributed by atoms with Crippen LogP contribution < -0.4 is 15.3 Å². The molecule has 5 aliphatic carbocycles. The highest BCUT2D eigenvalue weighted by Crippen LogP contribution is 2.67. The van der Waals surface area contributed by atoms with Gasteiger partial charge < -0.3 is 14.2 Å². The molecule has 8 aliphatic rings. The van der Waals surface area contributed by atoms with Crippen LogP contribution in [0.3, 0.4) is 0 Å². The monoisotopic (exact) mass is 869 g/mol. The second-order valence-electron chi connectivity index (χ2n) is 25.2. The first-order valence-corrected chi connectivity index (χ1v) is 25.7. The molecule has 4 aromatic carbocycles. The minimum Gasteiger partial charge on any atom is -0.458 e. The lowest BCUT2D eigenvalue weighted by Crippen LogP contribution is -2.60. The van der Waals surface area contributed by atoms with E-state index in [1.54, 1.807) is 33.3 Å². The summed E-state index contributed by atoms with van der Waals surface area (Å²) in [5.74, 6) is 1.80. The molecular formula is C62H69BN2O. The van der Waals surface area contributed by atoms with Crippen molar-refractivity contribution in [2.75, 3.05) is 9.80 Å². The van der Waals surface area contributed by atoms with Gasteiger partial charge in [-0.25, -0.2) is 0 Å². The van der Waals surface area contributed by atoms with Crippen molar-refractivity contribution in [2.45, 2.75) is 173 Å². The Morgan fingerprint density at radius 2 is 1.45 bits per heavy atom. The van der Waals surface area contributed by atoms with Crippen molar-refractivity contribution in [1.82, 2.24) is 0 Å². The van der Waals surface area contributed by atoms with E-state index >= 15 is 0 Å². The van der Waals surface area contributed by atoms with Gasteiger partial charge in [0, 0.05) is 22.4 Å². The van der Waals surface area contributed by atoms with Crippen molar-refractivity contribution in [3.63, 3.8) is 0 Å². The van der Waals surface area contributed by atoms with Gasteiger partial charge in [0.1, 0.15) is 11.3 Å². The lowest BCUT2D eigenvalue weighted by atomic mass is 9.29. The number of rotatable bonds is 3. The van der Waals surface area contributed by atoms with E-state index in [0.717, 1.165) is 24.2 Å². The Labute approximate surface area is 395 Å². The third kappa shape index (κ3) is 5.34. The molecule has 3 nitrogen and oxygen atoms in total. The van der Waals surface area contributed by atoms with Crippen molar-refractivity contribution in [3.8, 4) is 0 Å². The van der Waals surface area contributed by atoms with Crippen LogP contribution in [0.5, 0.6) is 0 Å². The standard InChI is InChI=1S/C62H69BN2O/c1-36-29-51-54-52(30-36)65-55-42(57-56(65)41-17-12-13-20-53(41)66-57)18-16-19-48(55)63(54)47-24-21-38(33-50(47)64(51)49-35-46-45(31-37(49)2)59(6,7)27-28-60(46,8)9)32-43-40-23-22-39(58(3,4)5)34-44(40)62(11)26-15-14-25-61(43,62)10/h12-13,16-24,29-31,34-35,42-43,50,55H,14-15,25-28,32-33H2,1-11H3. The van der Waals surface area contributed by atoms with Gasteiger partial charge in [-0.3, -0.25) is 0 Å². The van der Waals surface area contributed by atoms with E-state index < -0.39 is 0 Å². The molecule has 0 amide bonds. The summed E-state index contributed by atoms with van der Waals surface area (Å²) in [6.45, 7) is 27.4. The van der Waals surface area contributed by atoms with E-state index in [9.17, 15) is 0 Å². The topological polar surface area (TPSA) is 19.6 Å². The molecule has 0 spiro atoms. The number of furan rings is 1. The van der Waals surface area contributed by atoms with E-state index in [-0.39, 0.29) is 51.8 Å². The minimum atomic E-state index is 0.106. The Balaban J connectivity index is 1.02. The molecular weight excluding hydrogens is 800 g/mol. The number of fused-ring (bicyclic) bond motifs is 13. The second kappa shape index (κ2) is 13.4. The molecule has 6 atom stereocenters. The first kappa shape index (κ1) is 41.2. The van der Waals surface area contributed by atoms with Gasteiger partial charge in [0.15, 0.2) is 0 Å². The molecule has 4 heterocycles. The Bertz CT molecular complexity index is 3090. The predicted molar refractivity (Wildman–Crippen MR) is 278 cm³/mol. The van der Waals surface area contributed by atoms with E-state index in [1.807, 2.05) is 0 Å². The fraction of sp³-hybridized carbons (Fsp3) is 0.452. The van der Waals surface area contributed by atoms with Crippen LogP contribution in [0.15, 0.2) is 118 Å². The van der Waals surface area contributed by atoms with Crippen molar-refractivity contribution in [3.05, 3.63) is 158 Å². The van der Waals surface area contributed by atoms with Crippen LogP contribution in [0.2, 0.25) is 0 Å². The van der Waals surface area contributed by atoms with Gasteiger partial charge in [-0.2, -0.15) is 0 Å². The van der Waals surface area contributed by atoms with Gasteiger partial charge in [0.2, 0.25) is 6.71 Å². The number of hydrogen-bond donors (Lipinski definition) is 0. The summed E-state index contributed by atoms with van der Waals surface area (Å²) >= 11 is 0. The lowest BCUT2D eigenvalue weighted by Gasteiger charge is -2.53. The van der Waals surface area contributed by atoms with Crippen LogP contribution in [0.1, 0.15) is 170 Å². The third-order valence-corrected chi connectivity index (χ3v) is 19.6. The molecule has 1 fully saturated rings. The number of nitrogens with zero attached hydrogens (tertiary/aromatic N) is 2. The summed E-state index contributed by atoms with van der Waals surface area (Å²) in [5.41, 5.74) is 24.0. The Morgan fingerprint density at radius 1 is 0.727 bits per heavy atom. The molecule has 6 unspecified atom stereocenters. The number of hydrogen-bond acceptors (Lipinski definition) is 3. The van der Waals surface area contributed by atoms with E-state index in [2.05, 4.69) is 183 Å². The molecule has 13 rings (SSSR count). The molecule has 66 heavy (non-hydrogen) atoms. The highest BCUT2D eigenvalue weighted by atomic mass is 16.3. The largest absolute Gasteiger partial charge is 0.458 e. The quantitative estimate of drug-likeness (QED) is 0.168. The smallest absolute Gasteiger partial charge is 0.242 e. The van der Waals surface area contributed by atoms with Crippen molar-refractivity contribution >= 4 is 45.9 Å².